The van der Waals surface area contributed by atoms with Crippen LogP contribution in [-0.2, 0) is 4.74 Å². The summed E-state index contributed by atoms with van der Waals surface area (Å²) in [4.78, 5) is 1.40. The highest BCUT2D eigenvalue weighted by Crippen LogP contribution is 2.43. The molecule has 0 radical (unpaired) electrons. The maximum atomic E-state index is 5.61. The molecule has 1 heterocycles. The zero-order valence-corrected chi connectivity index (χ0v) is 11.6. The van der Waals surface area contributed by atoms with Gasteiger partial charge < -0.3 is 4.74 Å². The Morgan fingerprint density at radius 2 is 2.00 bits per heavy atom. The Hall–Kier alpha value is -0.730. The highest BCUT2D eigenvalue weighted by Gasteiger charge is 2.36. The van der Waals surface area contributed by atoms with Crippen LogP contribution in [0.15, 0.2) is 47.4 Å². The summed E-state index contributed by atoms with van der Waals surface area (Å²) in [6, 6.07) is 10.8. The molecule has 2 aliphatic rings. The zero-order chi connectivity index (χ0) is 12.4. The molecule has 0 amide bonds. The summed E-state index contributed by atoms with van der Waals surface area (Å²) in [7, 11) is 0. The summed E-state index contributed by atoms with van der Waals surface area (Å²) in [5, 5.41) is 0.700. The number of fused-ring (bicyclic) bond motifs is 1. The van der Waals surface area contributed by atoms with Crippen molar-refractivity contribution in [2.45, 2.75) is 23.5 Å². The Labute approximate surface area is 114 Å². The minimum atomic E-state index is 0.635. The van der Waals surface area contributed by atoms with E-state index in [1.165, 1.54) is 11.3 Å². The summed E-state index contributed by atoms with van der Waals surface area (Å²) >= 11 is 2.05. The summed E-state index contributed by atoms with van der Waals surface area (Å²) in [6.07, 6.45) is 5.98. The van der Waals surface area contributed by atoms with Crippen LogP contribution in [0.25, 0.3) is 0 Å². The van der Waals surface area contributed by atoms with Crippen molar-refractivity contribution in [3.63, 3.8) is 0 Å². The fourth-order valence-corrected chi connectivity index (χ4v) is 4.50. The lowest BCUT2D eigenvalue weighted by Gasteiger charge is -2.40. The van der Waals surface area contributed by atoms with Gasteiger partial charge in [-0.3, -0.25) is 0 Å². The Morgan fingerprint density at radius 1 is 1.17 bits per heavy atom. The van der Waals surface area contributed by atoms with Crippen LogP contribution >= 0.6 is 11.8 Å². The number of hydrogen-bond acceptors (Lipinski definition) is 2. The van der Waals surface area contributed by atoms with Crippen molar-refractivity contribution in [1.29, 1.82) is 0 Å². The normalized spacial score (nSPS) is 35.2. The third-order valence-corrected chi connectivity index (χ3v) is 5.67. The first kappa shape index (κ1) is 12.3. The minimum absolute atomic E-state index is 0.635. The number of benzene rings is 1. The van der Waals surface area contributed by atoms with Gasteiger partial charge in [0.05, 0.1) is 6.61 Å². The van der Waals surface area contributed by atoms with Crippen LogP contribution in [0, 0.1) is 17.8 Å². The molecule has 0 spiro atoms. The summed E-state index contributed by atoms with van der Waals surface area (Å²) in [5.74, 6) is 2.08. The summed E-state index contributed by atoms with van der Waals surface area (Å²) < 4.78 is 5.61. The first-order valence-electron chi connectivity index (χ1n) is 6.82. The third-order valence-electron chi connectivity index (χ3n) is 4.07. The fraction of sp³-hybridized carbons (Fsp3) is 0.500. The van der Waals surface area contributed by atoms with Crippen molar-refractivity contribution in [3.8, 4) is 0 Å². The maximum absolute atomic E-state index is 5.61. The Balaban J connectivity index is 1.78. The van der Waals surface area contributed by atoms with Crippen LogP contribution in [0.5, 0.6) is 0 Å². The lowest BCUT2D eigenvalue weighted by molar-refractivity contribution is 0.0283. The van der Waals surface area contributed by atoms with Crippen molar-refractivity contribution < 1.29 is 4.74 Å². The highest BCUT2D eigenvalue weighted by atomic mass is 32.2. The second-order valence-electron chi connectivity index (χ2n) is 5.33. The van der Waals surface area contributed by atoms with Gasteiger partial charge in [0, 0.05) is 22.7 Å². The maximum Gasteiger partial charge on any atom is 0.0531 e. The lowest BCUT2D eigenvalue weighted by atomic mass is 9.77. The molecule has 0 bridgehead atoms. The molecule has 0 unspecified atom stereocenters. The smallest absolute Gasteiger partial charge is 0.0531 e. The van der Waals surface area contributed by atoms with Gasteiger partial charge in [0.15, 0.2) is 0 Å². The molecular formula is C16H20OS. The molecule has 1 aromatic rings. The third kappa shape index (κ3) is 2.50. The molecule has 1 nitrogen and oxygen atoms in total. The number of allylic oxidation sites excluding steroid dienone is 1. The van der Waals surface area contributed by atoms with Crippen molar-refractivity contribution in [3.05, 3.63) is 42.5 Å². The molecule has 1 aromatic carbocycles. The average Bonchev–Trinajstić information content (AvgIpc) is 2.43. The molecule has 1 saturated heterocycles. The van der Waals surface area contributed by atoms with E-state index in [-0.39, 0.29) is 0 Å². The van der Waals surface area contributed by atoms with Gasteiger partial charge in [0.25, 0.3) is 0 Å². The van der Waals surface area contributed by atoms with Crippen molar-refractivity contribution in [1.82, 2.24) is 0 Å². The number of rotatable bonds is 2. The van der Waals surface area contributed by atoms with Crippen molar-refractivity contribution >= 4 is 11.8 Å². The van der Waals surface area contributed by atoms with Crippen molar-refractivity contribution in [2.24, 2.45) is 17.8 Å². The first-order valence-corrected chi connectivity index (χ1v) is 7.70. The predicted molar refractivity (Wildman–Crippen MR) is 76.8 cm³/mol. The molecule has 1 fully saturated rings. The van der Waals surface area contributed by atoms with Gasteiger partial charge in [-0.2, -0.15) is 0 Å². The van der Waals surface area contributed by atoms with Crippen LogP contribution in [-0.4, -0.2) is 18.5 Å². The van der Waals surface area contributed by atoms with E-state index in [0.29, 0.717) is 17.1 Å². The minimum Gasteiger partial charge on any atom is -0.381 e. The van der Waals surface area contributed by atoms with Crippen LogP contribution in [0.3, 0.4) is 0 Å². The largest absolute Gasteiger partial charge is 0.381 e. The monoisotopic (exact) mass is 260 g/mol. The quantitative estimate of drug-likeness (QED) is 0.743. The summed E-state index contributed by atoms with van der Waals surface area (Å²) in [6.45, 7) is 4.20. The van der Waals surface area contributed by atoms with E-state index < -0.39 is 0 Å². The van der Waals surface area contributed by atoms with E-state index in [0.717, 1.165) is 19.1 Å². The van der Waals surface area contributed by atoms with Crippen LogP contribution in [0.2, 0.25) is 0 Å². The van der Waals surface area contributed by atoms with E-state index in [2.05, 4.69) is 61.2 Å². The molecule has 0 aromatic heterocycles. The molecule has 96 valence electrons. The van der Waals surface area contributed by atoms with Gasteiger partial charge >= 0.3 is 0 Å². The Kier molecular flexibility index (Phi) is 3.76. The SMILES string of the molecule is C[C@@H]1C=C[C@@H]2COCC[C@H]2[C@@H]1Sc1ccccc1. The molecule has 0 N–H and O–H groups in total. The molecule has 3 rings (SSSR count). The molecule has 1 aliphatic heterocycles. The van der Waals surface area contributed by atoms with E-state index in [1.54, 1.807) is 0 Å². The Morgan fingerprint density at radius 3 is 2.83 bits per heavy atom. The van der Waals surface area contributed by atoms with Gasteiger partial charge in [-0.05, 0) is 30.4 Å². The number of thioether (sulfide) groups is 1. The second kappa shape index (κ2) is 5.50. The highest BCUT2D eigenvalue weighted by molar-refractivity contribution is 8.00. The van der Waals surface area contributed by atoms with Crippen LogP contribution in [0.4, 0.5) is 0 Å². The fourth-order valence-electron chi connectivity index (χ4n) is 3.05. The molecular weight excluding hydrogens is 240 g/mol. The van der Waals surface area contributed by atoms with Crippen molar-refractivity contribution in [2.75, 3.05) is 13.2 Å². The molecule has 4 atom stereocenters. The molecule has 18 heavy (non-hydrogen) atoms. The van der Waals surface area contributed by atoms with E-state index in [1.807, 2.05) is 0 Å². The predicted octanol–water partition coefficient (Wildman–Crippen LogP) is 4.01. The van der Waals surface area contributed by atoms with Gasteiger partial charge in [0.1, 0.15) is 0 Å². The van der Waals surface area contributed by atoms with E-state index in [4.69, 9.17) is 4.74 Å². The summed E-state index contributed by atoms with van der Waals surface area (Å²) in [5.41, 5.74) is 0. The van der Waals surface area contributed by atoms with Gasteiger partial charge in [0.2, 0.25) is 0 Å². The number of hydrogen-bond donors (Lipinski definition) is 0. The van der Waals surface area contributed by atoms with E-state index in [9.17, 15) is 0 Å². The number of ether oxygens (including phenoxy) is 1. The van der Waals surface area contributed by atoms with Crippen LogP contribution in [0.1, 0.15) is 13.3 Å². The topological polar surface area (TPSA) is 9.23 Å². The zero-order valence-electron chi connectivity index (χ0n) is 10.8. The average molecular weight is 260 g/mol. The molecule has 1 aliphatic carbocycles. The Bertz CT molecular complexity index is 414. The van der Waals surface area contributed by atoms with E-state index >= 15 is 0 Å². The second-order valence-corrected chi connectivity index (χ2v) is 6.58. The standard InChI is InChI=1S/C16H20OS/c1-12-7-8-13-11-17-10-9-15(13)16(12)18-14-5-3-2-4-6-14/h2-8,12-13,15-16H,9-11H2,1H3/t12-,13-,15-,16-/m1/s1. The van der Waals surface area contributed by atoms with Gasteiger partial charge in [-0.1, -0.05) is 37.3 Å². The molecule has 0 saturated carbocycles. The molecule has 2 heteroatoms. The van der Waals surface area contributed by atoms with Gasteiger partial charge in [-0.25, -0.2) is 0 Å². The van der Waals surface area contributed by atoms with Crippen LogP contribution < -0.4 is 0 Å². The lowest BCUT2D eigenvalue weighted by Crippen LogP contribution is -2.38. The van der Waals surface area contributed by atoms with Gasteiger partial charge in [-0.15, -0.1) is 11.8 Å². The first-order chi connectivity index (χ1) is 8.84.